The Labute approximate surface area is 87.2 Å². The molecule has 0 radical (unpaired) electrons. The van der Waals surface area contributed by atoms with Crippen molar-refractivity contribution in [3.63, 3.8) is 0 Å². The van der Waals surface area contributed by atoms with Crippen LogP contribution < -0.4 is 0 Å². The van der Waals surface area contributed by atoms with E-state index >= 15 is 0 Å². The number of aromatic nitrogens is 2. The van der Waals surface area contributed by atoms with Gasteiger partial charge in [0.05, 0.1) is 6.07 Å². The van der Waals surface area contributed by atoms with Crippen LogP contribution >= 0.6 is 0 Å². The summed E-state index contributed by atoms with van der Waals surface area (Å²) in [6, 6.07) is 9.78. The van der Waals surface area contributed by atoms with Crippen LogP contribution in [0.3, 0.4) is 0 Å². The molecule has 1 aromatic carbocycles. The van der Waals surface area contributed by atoms with Crippen LogP contribution in [-0.4, -0.2) is 10.1 Å². The van der Waals surface area contributed by atoms with E-state index in [4.69, 9.17) is 9.78 Å². The summed E-state index contributed by atoms with van der Waals surface area (Å²) in [7, 11) is 0. The highest BCUT2D eigenvalue weighted by Crippen LogP contribution is 2.16. The third kappa shape index (κ3) is 2.02. The predicted octanol–water partition coefficient (Wildman–Crippen LogP) is 2.11. The van der Waals surface area contributed by atoms with Crippen LogP contribution in [0.2, 0.25) is 0 Å². The third-order valence-corrected chi connectivity index (χ3v) is 1.97. The molecule has 0 fully saturated rings. The van der Waals surface area contributed by atoms with Gasteiger partial charge in [0, 0.05) is 5.56 Å². The lowest BCUT2D eigenvalue weighted by Gasteiger charge is -1.94. The van der Waals surface area contributed by atoms with Gasteiger partial charge in [-0.2, -0.15) is 10.2 Å². The highest BCUT2D eigenvalue weighted by Gasteiger charge is 2.07. The summed E-state index contributed by atoms with van der Waals surface area (Å²) in [4.78, 5) is 4.11. The predicted molar refractivity (Wildman–Crippen MR) is 53.8 cm³/mol. The van der Waals surface area contributed by atoms with Crippen LogP contribution in [0.5, 0.6) is 0 Å². The van der Waals surface area contributed by atoms with Gasteiger partial charge in [0.25, 0.3) is 0 Å². The van der Waals surface area contributed by atoms with E-state index < -0.39 is 0 Å². The molecule has 4 heteroatoms. The largest absolute Gasteiger partial charge is 0.338 e. The molecular weight excluding hydrogens is 190 g/mol. The maximum atomic E-state index is 8.47. The van der Waals surface area contributed by atoms with Gasteiger partial charge >= 0.3 is 0 Å². The summed E-state index contributed by atoms with van der Waals surface area (Å²) >= 11 is 0. The number of rotatable bonds is 2. The van der Waals surface area contributed by atoms with E-state index in [9.17, 15) is 0 Å². The molecular formula is C11H9N3O. The van der Waals surface area contributed by atoms with E-state index in [1.165, 1.54) is 0 Å². The fraction of sp³-hybridized carbons (Fsp3) is 0.182. The molecule has 2 rings (SSSR count). The average Bonchev–Trinajstić information content (AvgIpc) is 2.67. The van der Waals surface area contributed by atoms with Crippen molar-refractivity contribution >= 4 is 0 Å². The average molecular weight is 199 g/mol. The first kappa shape index (κ1) is 9.41. The SMILES string of the molecule is Cc1cccc(-c2noc(CC#N)n2)c1. The van der Waals surface area contributed by atoms with Gasteiger partial charge in [-0.05, 0) is 13.0 Å². The number of nitrogens with zero attached hydrogens (tertiary/aromatic N) is 3. The fourth-order valence-corrected chi connectivity index (χ4v) is 1.30. The van der Waals surface area contributed by atoms with Crippen molar-refractivity contribution < 1.29 is 4.52 Å². The van der Waals surface area contributed by atoms with Gasteiger partial charge in [0.15, 0.2) is 0 Å². The summed E-state index contributed by atoms with van der Waals surface area (Å²) < 4.78 is 4.92. The Morgan fingerprint density at radius 3 is 3.07 bits per heavy atom. The van der Waals surface area contributed by atoms with E-state index in [1.54, 1.807) is 0 Å². The maximum Gasteiger partial charge on any atom is 0.241 e. The quantitative estimate of drug-likeness (QED) is 0.743. The molecule has 0 amide bonds. The molecule has 0 N–H and O–H groups in total. The molecule has 0 aliphatic carbocycles. The number of nitriles is 1. The highest BCUT2D eigenvalue weighted by molar-refractivity contribution is 5.55. The zero-order valence-electron chi connectivity index (χ0n) is 8.27. The highest BCUT2D eigenvalue weighted by atomic mass is 16.5. The standard InChI is InChI=1S/C11H9N3O/c1-8-3-2-4-9(7-8)11-13-10(5-6-12)15-14-11/h2-4,7H,5H2,1H3. The number of benzene rings is 1. The Bertz CT molecular complexity index is 511. The van der Waals surface area contributed by atoms with E-state index in [2.05, 4.69) is 10.1 Å². The first-order valence-electron chi connectivity index (χ1n) is 4.56. The topological polar surface area (TPSA) is 62.7 Å². The molecule has 1 aromatic heterocycles. The molecule has 4 nitrogen and oxygen atoms in total. The van der Waals surface area contributed by atoms with Crippen molar-refractivity contribution in [1.29, 1.82) is 5.26 Å². The molecule has 2 aromatic rings. The Kier molecular flexibility index (Phi) is 2.46. The molecule has 74 valence electrons. The molecule has 0 atom stereocenters. The fourth-order valence-electron chi connectivity index (χ4n) is 1.30. The minimum atomic E-state index is 0.152. The number of hydrogen-bond donors (Lipinski definition) is 0. The van der Waals surface area contributed by atoms with Crippen molar-refractivity contribution in [2.75, 3.05) is 0 Å². The Morgan fingerprint density at radius 2 is 2.33 bits per heavy atom. The molecule has 0 unspecified atom stereocenters. The van der Waals surface area contributed by atoms with E-state index in [0.717, 1.165) is 11.1 Å². The van der Waals surface area contributed by atoms with Gasteiger partial charge < -0.3 is 4.52 Å². The Balaban J connectivity index is 2.34. The molecule has 0 spiro atoms. The lowest BCUT2D eigenvalue weighted by atomic mass is 10.1. The summed E-state index contributed by atoms with van der Waals surface area (Å²) in [6.45, 7) is 2.00. The van der Waals surface area contributed by atoms with Gasteiger partial charge in [0.1, 0.15) is 6.42 Å². The molecule has 0 bridgehead atoms. The van der Waals surface area contributed by atoms with Crippen LogP contribution in [0, 0.1) is 18.3 Å². The van der Waals surface area contributed by atoms with Gasteiger partial charge in [-0.3, -0.25) is 0 Å². The lowest BCUT2D eigenvalue weighted by Crippen LogP contribution is -1.83. The number of hydrogen-bond acceptors (Lipinski definition) is 4. The first-order chi connectivity index (χ1) is 7.29. The van der Waals surface area contributed by atoms with Crippen molar-refractivity contribution in [2.24, 2.45) is 0 Å². The van der Waals surface area contributed by atoms with E-state index in [1.807, 2.05) is 37.3 Å². The van der Waals surface area contributed by atoms with Crippen molar-refractivity contribution in [3.8, 4) is 17.5 Å². The first-order valence-corrected chi connectivity index (χ1v) is 4.56. The zero-order chi connectivity index (χ0) is 10.7. The minimum absolute atomic E-state index is 0.152. The second-order valence-electron chi connectivity index (χ2n) is 3.22. The Hall–Kier alpha value is -2.15. The van der Waals surface area contributed by atoms with Crippen LogP contribution in [0.1, 0.15) is 11.5 Å². The summed E-state index contributed by atoms with van der Waals surface area (Å²) in [5, 5.41) is 12.3. The lowest BCUT2D eigenvalue weighted by molar-refractivity contribution is 0.388. The van der Waals surface area contributed by atoms with Crippen LogP contribution in [0.25, 0.3) is 11.4 Å². The summed E-state index contributed by atoms with van der Waals surface area (Å²) in [6.07, 6.45) is 0.152. The monoisotopic (exact) mass is 199 g/mol. The molecule has 15 heavy (non-hydrogen) atoms. The summed E-state index contributed by atoms with van der Waals surface area (Å²) in [5.74, 6) is 0.887. The van der Waals surface area contributed by atoms with Crippen molar-refractivity contribution in [3.05, 3.63) is 35.7 Å². The molecule has 0 saturated heterocycles. The maximum absolute atomic E-state index is 8.47. The zero-order valence-corrected chi connectivity index (χ0v) is 8.27. The minimum Gasteiger partial charge on any atom is -0.338 e. The van der Waals surface area contributed by atoms with Gasteiger partial charge in [-0.25, -0.2) is 0 Å². The molecule has 1 heterocycles. The van der Waals surface area contributed by atoms with Gasteiger partial charge in [-0.15, -0.1) is 0 Å². The smallest absolute Gasteiger partial charge is 0.241 e. The van der Waals surface area contributed by atoms with Crippen LogP contribution in [-0.2, 0) is 6.42 Å². The normalized spacial score (nSPS) is 9.87. The number of aryl methyl sites for hydroxylation is 1. The van der Waals surface area contributed by atoms with E-state index in [-0.39, 0.29) is 6.42 Å². The third-order valence-electron chi connectivity index (χ3n) is 1.97. The Morgan fingerprint density at radius 1 is 1.47 bits per heavy atom. The second kappa shape index (κ2) is 3.93. The van der Waals surface area contributed by atoms with Gasteiger partial charge in [-0.1, -0.05) is 28.9 Å². The molecule has 0 aliphatic heterocycles. The van der Waals surface area contributed by atoms with E-state index in [0.29, 0.717) is 11.7 Å². The van der Waals surface area contributed by atoms with Crippen molar-refractivity contribution in [1.82, 2.24) is 10.1 Å². The van der Waals surface area contributed by atoms with Gasteiger partial charge in [0.2, 0.25) is 11.7 Å². The molecule has 0 aliphatic rings. The second-order valence-corrected chi connectivity index (χ2v) is 3.22. The molecule has 0 saturated carbocycles. The van der Waals surface area contributed by atoms with Crippen LogP contribution in [0.15, 0.2) is 28.8 Å². The summed E-state index contributed by atoms with van der Waals surface area (Å²) in [5.41, 5.74) is 2.04. The van der Waals surface area contributed by atoms with Crippen molar-refractivity contribution in [2.45, 2.75) is 13.3 Å². The van der Waals surface area contributed by atoms with Crippen LogP contribution in [0.4, 0.5) is 0 Å².